The van der Waals surface area contributed by atoms with Gasteiger partial charge in [0, 0.05) is 17.0 Å². The third-order valence-electron chi connectivity index (χ3n) is 4.20. The zero-order valence-electron chi connectivity index (χ0n) is 15.5. The number of anilines is 1. The first-order valence-corrected chi connectivity index (χ1v) is 10.3. The van der Waals surface area contributed by atoms with Gasteiger partial charge in [0.05, 0.1) is 31.6 Å². The number of fused-ring (bicyclic) bond motifs is 1. The summed E-state index contributed by atoms with van der Waals surface area (Å²) in [5.41, 5.74) is 1.21. The van der Waals surface area contributed by atoms with Crippen LogP contribution in [0.15, 0.2) is 46.1 Å². The van der Waals surface area contributed by atoms with Gasteiger partial charge in [-0.15, -0.1) is 22.7 Å². The number of hydrogen-bond donors (Lipinski definition) is 1. The van der Waals surface area contributed by atoms with Crippen molar-refractivity contribution >= 4 is 43.9 Å². The molecule has 10 heteroatoms. The molecule has 0 bridgehead atoms. The molecule has 0 spiro atoms. The highest BCUT2D eigenvalue weighted by molar-refractivity contribution is 7.16. The fourth-order valence-corrected chi connectivity index (χ4v) is 4.23. The first-order valence-electron chi connectivity index (χ1n) is 8.49. The van der Waals surface area contributed by atoms with Gasteiger partial charge in [-0.3, -0.25) is 14.2 Å². The Kier molecular flexibility index (Phi) is 5.28. The van der Waals surface area contributed by atoms with E-state index in [0.29, 0.717) is 32.5 Å². The van der Waals surface area contributed by atoms with Crippen molar-refractivity contribution in [1.82, 2.24) is 14.5 Å². The van der Waals surface area contributed by atoms with Crippen molar-refractivity contribution in [2.24, 2.45) is 0 Å². The average molecular weight is 428 g/mol. The number of benzene rings is 1. The molecular formula is C19H16N4O4S2. The van der Waals surface area contributed by atoms with E-state index >= 15 is 0 Å². The summed E-state index contributed by atoms with van der Waals surface area (Å²) in [6.07, 6.45) is 1.39. The summed E-state index contributed by atoms with van der Waals surface area (Å²) in [5, 5.41) is 7.29. The van der Waals surface area contributed by atoms with Crippen LogP contribution in [0.4, 0.5) is 5.13 Å². The Morgan fingerprint density at radius 2 is 2.07 bits per heavy atom. The van der Waals surface area contributed by atoms with Crippen LogP contribution in [0.25, 0.3) is 21.5 Å². The largest absolute Gasteiger partial charge is 0.497 e. The zero-order chi connectivity index (χ0) is 20.4. The number of hydrogen-bond acceptors (Lipinski definition) is 8. The van der Waals surface area contributed by atoms with Crippen molar-refractivity contribution in [3.05, 3.63) is 51.7 Å². The Hall–Kier alpha value is -3.24. The van der Waals surface area contributed by atoms with Crippen LogP contribution in [-0.2, 0) is 11.3 Å². The van der Waals surface area contributed by atoms with E-state index < -0.39 is 0 Å². The second kappa shape index (κ2) is 8.02. The van der Waals surface area contributed by atoms with E-state index in [2.05, 4.69) is 15.3 Å². The zero-order valence-corrected chi connectivity index (χ0v) is 17.2. The number of methoxy groups -OCH3 is 2. The molecule has 3 aromatic heterocycles. The molecule has 4 aromatic rings. The van der Waals surface area contributed by atoms with E-state index in [1.165, 1.54) is 33.6 Å². The average Bonchev–Trinajstić information content (AvgIpc) is 3.39. The fraction of sp³-hybridized carbons (Fsp3) is 0.158. The molecule has 0 aliphatic rings. The van der Waals surface area contributed by atoms with Crippen LogP contribution in [0.1, 0.15) is 0 Å². The molecule has 0 saturated carbocycles. The minimum absolute atomic E-state index is 0.140. The minimum Gasteiger partial charge on any atom is -0.497 e. The summed E-state index contributed by atoms with van der Waals surface area (Å²) in [6, 6.07) is 7.14. The molecule has 29 heavy (non-hydrogen) atoms. The molecule has 0 aliphatic carbocycles. The van der Waals surface area contributed by atoms with E-state index in [9.17, 15) is 9.59 Å². The van der Waals surface area contributed by atoms with Crippen LogP contribution in [0, 0.1) is 0 Å². The Bertz CT molecular complexity index is 1240. The lowest BCUT2D eigenvalue weighted by molar-refractivity contribution is -0.116. The van der Waals surface area contributed by atoms with Gasteiger partial charge in [0.1, 0.15) is 22.9 Å². The first-order chi connectivity index (χ1) is 14.1. The number of thiazole rings is 1. The lowest BCUT2D eigenvalue weighted by Crippen LogP contribution is -2.27. The van der Waals surface area contributed by atoms with Crippen molar-refractivity contribution < 1.29 is 14.3 Å². The molecule has 1 N–H and O–H groups in total. The third-order valence-corrected chi connectivity index (χ3v) is 5.78. The van der Waals surface area contributed by atoms with Gasteiger partial charge in [-0.25, -0.2) is 9.97 Å². The summed E-state index contributed by atoms with van der Waals surface area (Å²) in [5.74, 6) is 0.941. The molecule has 1 aromatic carbocycles. The number of carbonyl (C=O) groups excluding carboxylic acids is 1. The molecular weight excluding hydrogens is 412 g/mol. The van der Waals surface area contributed by atoms with Gasteiger partial charge in [-0.1, -0.05) is 0 Å². The Balaban J connectivity index is 1.51. The second-order valence-corrected chi connectivity index (χ2v) is 7.72. The van der Waals surface area contributed by atoms with Crippen molar-refractivity contribution in [2.45, 2.75) is 6.54 Å². The molecule has 0 radical (unpaired) electrons. The normalized spacial score (nSPS) is 10.8. The molecule has 148 valence electrons. The van der Waals surface area contributed by atoms with Gasteiger partial charge in [-0.2, -0.15) is 0 Å². The highest BCUT2D eigenvalue weighted by atomic mass is 32.1. The predicted octanol–water partition coefficient (Wildman–Crippen LogP) is 3.24. The molecule has 8 nitrogen and oxygen atoms in total. The number of amides is 1. The van der Waals surface area contributed by atoms with Crippen LogP contribution in [0.2, 0.25) is 0 Å². The van der Waals surface area contributed by atoms with Crippen molar-refractivity contribution in [3.63, 3.8) is 0 Å². The smallest absolute Gasteiger partial charge is 0.262 e. The number of thiophene rings is 1. The predicted molar refractivity (Wildman–Crippen MR) is 113 cm³/mol. The molecule has 1 amide bonds. The standard InChI is InChI=1S/C19H16N4O4S2/c1-26-11-3-4-12(15(7-11)27-2)14-9-29-19(21-14)22-16(24)8-23-10-20-17-13(18(23)25)5-6-28-17/h3-7,9-10H,8H2,1-2H3,(H,21,22,24). The SMILES string of the molecule is COc1ccc(-c2csc(NC(=O)Cn3cnc4sccc4c3=O)n2)c(OC)c1. The highest BCUT2D eigenvalue weighted by Crippen LogP contribution is 2.34. The highest BCUT2D eigenvalue weighted by Gasteiger charge is 2.14. The molecule has 0 saturated heterocycles. The van der Waals surface area contributed by atoms with Crippen LogP contribution < -0.4 is 20.3 Å². The van der Waals surface area contributed by atoms with E-state index in [-0.39, 0.29) is 18.0 Å². The van der Waals surface area contributed by atoms with E-state index in [1.807, 2.05) is 17.5 Å². The number of ether oxygens (including phenoxy) is 2. The number of aromatic nitrogens is 3. The van der Waals surface area contributed by atoms with E-state index in [1.54, 1.807) is 31.7 Å². The summed E-state index contributed by atoms with van der Waals surface area (Å²) in [4.78, 5) is 34.1. The number of carbonyl (C=O) groups is 1. The third kappa shape index (κ3) is 3.84. The molecule has 0 atom stereocenters. The first kappa shape index (κ1) is 19.1. The lowest BCUT2D eigenvalue weighted by Gasteiger charge is -2.08. The van der Waals surface area contributed by atoms with E-state index in [0.717, 1.165) is 5.56 Å². The Morgan fingerprint density at radius 3 is 2.86 bits per heavy atom. The van der Waals surface area contributed by atoms with Crippen molar-refractivity contribution in [3.8, 4) is 22.8 Å². The summed E-state index contributed by atoms with van der Waals surface area (Å²) < 4.78 is 11.9. The van der Waals surface area contributed by atoms with Gasteiger partial charge in [-0.05, 0) is 23.6 Å². The fourth-order valence-electron chi connectivity index (χ4n) is 2.78. The van der Waals surface area contributed by atoms with Gasteiger partial charge >= 0.3 is 0 Å². The summed E-state index contributed by atoms with van der Waals surface area (Å²) in [6.45, 7) is -0.140. The molecule has 0 unspecified atom stereocenters. The van der Waals surface area contributed by atoms with Gasteiger partial charge in [0.25, 0.3) is 5.56 Å². The maximum atomic E-state index is 12.4. The monoisotopic (exact) mass is 428 g/mol. The van der Waals surface area contributed by atoms with Crippen LogP contribution in [0.3, 0.4) is 0 Å². The number of nitrogens with zero attached hydrogens (tertiary/aromatic N) is 3. The van der Waals surface area contributed by atoms with Crippen molar-refractivity contribution in [2.75, 3.05) is 19.5 Å². The van der Waals surface area contributed by atoms with Gasteiger partial charge in [0.2, 0.25) is 5.91 Å². The molecule has 4 rings (SSSR count). The lowest BCUT2D eigenvalue weighted by atomic mass is 10.1. The number of rotatable bonds is 6. The van der Waals surface area contributed by atoms with Crippen molar-refractivity contribution in [1.29, 1.82) is 0 Å². The second-order valence-electron chi connectivity index (χ2n) is 5.97. The molecule has 3 heterocycles. The van der Waals surface area contributed by atoms with Crippen LogP contribution >= 0.6 is 22.7 Å². The summed E-state index contributed by atoms with van der Waals surface area (Å²) in [7, 11) is 3.16. The molecule has 0 aliphatic heterocycles. The number of nitrogens with one attached hydrogen (secondary N) is 1. The molecule has 0 fully saturated rings. The Labute approximate surface area is 173 Å². The quantitative estimate of drug-likeness (QED) is 0.507. The Morgan fingerprint density at radius 1 is 1.21 bits per heavy atom. The topological polar surface area (TPSA) is 95.3 Å². The maximum absolute atomic E-state index is 12.4. The van der Waals surface area contributed by atoms with Crippen LogP contribution in [0.5, 0.6) is 11.5 Å². The minimum atomic E-state index is -0.355. The van der Waals surface area contributed by atoms with Gasteiger partial charge in [0.15, 0.2) is 5.13 Å². The van der Waals surface area contributed by atoms with Crippen LogP contribution in [-0.4, -0.2) is 34.7 Å². The van der Waals surface area contributed by atoms with Gasteiger partial charge < -0.3 is 14.8 Å². The summed E-state index contributed by atoms with van der Waals surface area (Å²) >= 11 is 2.68. The maximum Gasteiger partial charge on any atom is 0.262 e. The van der Waals surface area contributed by atoms with E-state index in [4.69, 9.17) is 9.47 Å².